The zero-order valence-electron chi connectivity index (χ0n) is 20.1. The van der Waals surface area contributed by atoms with E-state index in [0.717, 1.165) is 12.2 Å². The molecule has 1 amide bonds. The van der Waals surface area contributed by atoms with Gasteiger partial charge in [-0.2, -0.15) is 11.8 Å². The predicted molar refractivity (Wildman–Crippen MR) is 132 cm³/mol. The molecule has 1 fully saturated rings. The van der Waals surface area contributed by atoms with Crippen LogP contribution in [-0.2, 0) is 14.4 Å². The van der Waals surface area contributed by atoms with E-state index in [9.17, 15) is 39.9 Å². The number of ketones is 2. The molecule has 1 saturated carbocycles. The number of aliphatic hydroxyl groups excluding tert-OH is 3. The van der Waals surface area contributed by atoms with Crippen LogP contribution in [0.4, 0.5) is 0 Å². The maximum Gasteiger partial charge on any atom is 0.255 e. The second kappa shape index (κ2) is 9.22. The minimum Gasteiger partial charge on any atom is -0.508 e. The number of rotatable bonds is 6. The number of phenols is 1. The highest BCUT2D eigenvalue weighted by Crippen LogP contribution is 2.56. The van der Waals surface area contributed by atoms with E-state index in [2.05, 4.69) is 0 Å². The molecule has 11 heteroatoms. The Morgan fingerprint density at radius 3 is 2.44 bits per heavy atom. The van der Waals surface area contributed by atoms with Gasteiger partial charge in [0.25, 0.3) is 5.91 Å². The van der Waals surface area contributed by atoms with Crippen LogP contribution in [0, 0.1) is 11.8 Å². The largest absolute Gasteiger partial charge is 0.508 e. The molecule has 0 aliphatic heterocycles. The molecular weight excluding hydrogens is 488 g/mol. The standard InChI is InChI=1S/C25H30N2O8S/c1-4-8-36-9-11-10-6-5-7-12(28)13(10)19(29)15-14(11)20(30)17-18(27(2)3)21(31)16(24(26)34)23(33)25(17,35)22(15)32/h5-7,11,14,17-18,20,28-30,33,35H,4,8-9H2,1-3H3,(H2,26,34)/t11-,14?,17?,18-,20-,25-/m0/s1. The highest BCUT2D eigenvalue weighted by Gasteiger charge is 2.68. The molecule has 2 unspecified atom stereocenters. The summed E-state index contributed by atoms with van der Waals surface area (Å²) in [6, 6.07) is 3.26. The summed E-state index contributed by atoms with van der Waals surface area (Å²) in [5.74, 6) is -7.57. The van der Waals surface area contributed by atoms with E-state index in [1.165, 1.54) is 25.1 Å². The third kappa shape index (κ3) is 3.48. The normalized spacial score (nSPS) is 31.9. The lowest BCUT2D eigenvalue weighted by atomic mass is 9.54. The van der Waals surface area contributed by atoms with Crippen LogP contribution >= 0.6 is 11.8 Å². The Balaban J connectivity index is 2.02. The van der Waals surface area contributed by atoms with Gasteiger partial charge in [0.05, 0.1) is 23.6 Å². The number of hydrogen-bond donors (Lipinski definition) is 6. The van der Waals surface area contributed by atoms with Crippen molar-refractivity contribution in [1.29, 1.82) is 0 Å². The Hall–Kier alpha value is -2.86. The molecule has 1 aromatic rings. The molecule has 7 N–H and O–H groups in total. The summed E-state index contributed by atoms with van der Waals surface area (Å²) in [6.07, 6.45) is -0.723. The van der Waals surface area contributed by atoms with Crippen molar-refractivity contribution in [1.82, 2.24) is 4.90 Å². The molecule has 6 atom stereocenters. The zero-order valence-corrected chi connectivity index (χ0v) is 21.0. The molecule has 10 nitrogen and oxygen atoms in total. The number of likely N-dealkylation sites (N-methyl/N-ethyl adjacent to an activating group) is 1. The fourth-order valence-electron chi connectivity index (χ4n) is 5.95. The number of aliphatic hydroxyl groups is 4. The molecule has 0 heterocycles. The molecule has 0 spiro atoms. The molecule has 0 aromatic heterocycles. The van der Waals surface area contributed by atoms with Gasteiger partial charge in [0.15, 0.2) is 11.4 Å². The summed E-state index contributed by atoms with van der Waals surface area (Å²) < 4.78 is 0. The van der Waals surface area contributed by atoms with Crippen LogP contribution in [0.2, 0.25) is 0 Å². The molecule has 36 heavy (non-hydrogen) atoms. The number of nitrogens with zero attached hydrogens (tertiary/aromatic N) is 1. The lowest BCUT2D eigenvalue weighted by Gasteiger charge is -2.54. The molecule has 3 aliphatic rings. The van der Waals surface area contributed by atoms with Gasteiger partial charge in [-0.05, 0) is 37.9 Å². The van der Waals surface area contributed by atoms with E-state index in [0.29, 0.717) is 11.3 Å². The number of Topliss-reactive ketones (excluding diaryl/α,β-unsaturated/α-hetero) is 2. The van der Waals surface area contributed by atoms with E-state index in [4.69, 9.17) is 5.73 Å². The first-order chi connectivity index (χ1) is 16.9. The predicted octanol–water partition coefficient (Wildman–Crippen LogP) is 0.619. The first-order valence-corrected chi connectivity index (χ1v) is 12.8. The average molecular weight is 519 g/mol. The van der Waals surface area contributed by atoms with Crippen molar-refractivity contribution in [3.8, 4) is 5.75 Å². The van der Waals surface area contributed by atoms with Gasteiger partial charge in [0, 0.05) is 23.2 Å². The summed E-state index contributed by atoms with van der Waals surface area (Å²) >= 11 is 1.56. The van der Waals surface area contributed by atoms with Gasteiger partial charge in [0.2, 0.25) is 5.78 Å². The van der Waals surface area contributed by atoms with Gasteiger partial charge < -0.3 is 31.3 Å². The van der Waals surface area contributed by atoms with Gasteiger partial charge in [0.1, 0.15) is 22.8 Å². The number of hydrogen-bond acceptors (Lipinski definition) is 10. The van der Waals surface area contributed by atoms with Crippen LogP contribution in [0.3, 0.4) is 0 Å². The van der Waals surface area contributed by atoms with Crippen molar-refractivity contribution in [2.45, 2.75) is 37.0 Å². The minimum absolute atomic E-state index is 0.00286. The van der Waals surface area contributed by atoms with Crippen LogP contribution in [0.15, 0.2) is 35.1 Å². The topological polar surface area (TPSA) is 182 Å². The molecule has 4 rings (SSSR count). The van der Waals surface area contributed by atoms with Crippen LogP contribution in [-0.4, -0.2) is 91.3 Å². The molecule has 194 valence electrons. The summed E-state index contributed by atoms with van der Waals surface area (Å²) in [5, 5.41) is 56.1. The van der Waals surface area contributed by atoms with Crippen LogP contribution < -0.4 is 5.73 Å². The summed E-state index contributed by atoms with van der Waals surface area (Å²) in [7, 11) is 2.96. The SMILES string of the molecule is CCCSC[C@H]1c2cccc(O)c2C(O)=C2C(=O)[C@]3(O)C(O)=C(C(N)=O)C(=O)[C@@H](N(C)C)C3[C@@H](O)C21. The Labute approximate surface area is 212 Å². The zero-order chi connectivity index (χ0) is 26.7. The first kappa shape index (κ1) is 26.2. The second-order valence-corrected chi connectivity index (χ2v) is 10.8. The van der Waals surface area contributed by atoms with Crippen molar-refractivity contribution < 1.29 is 39.9 Å². The summed E-state index contributed by atoms with van der Waals surface area (Å²) in [5.41, 5.74) is 1.63. The number of benzene rings is 1. The molecular formula is C25H30N2O8S. The van der Waals surface area contributed by atoms with E-state index in [1.54, 1.807) is 23.9 Å². The van der Waals surface area contributed by atoms with Crippen LogP contribution in [0.1, 0.15) is 30.4 Å². The number of phenolic OH excluding ortho intramolecular Hbond substituents is 1. The summed E-state index contributed by atoms with van der Waals surface area (Å²) in [4.78, 5) is 40.6. The maximum atomic E-state index is 14.0. The Bertz CT molecular complexity index is 1210. The Morgan fingerprint density at radius 1 is 1.19 bits per heavy atom. The highest BCUT2D eigenvalue weighted by molar-refractivity contribution is 7.99. The minimum atomic E-state index is -2.91. The smallest absolute Gasteiger partial charge is 0.255 e. The third-order valence-electron chi connectivity index (χ3n) is 7.44. The van der Waals surface area contributed by atoms with Gasteiger partial charge in [-0.1, -0.05) is 19.1 Å². The van der Waals surface area contributed by atoms with Crippen molar-refractivity contribution in [2.24, 2.45) is 17.6 Å². The fourth-order valence-corrected chi connectivity index (χ4v) is 7.04. The number of carbonyl (C=O) groups is 3. The number of aromatic hydroxyl groups is 1. The molecule has 0 saturated heterocycles. The molecule has 0 radical (unpaired) electrons. The monoisotopic (exact) mass is 518 g/mol. The van der Waals surface area contributed by atoms with E-state index in [1.807, 2.05) is 6.92 Å². The van der Waals surface area contributed by atoms with Crippen LogP contribution in [0.5, 0.6) is 5.75 Å². The average Bonchev–Trinajstić information content (AvgIpc) is 2.80. The lowest BCUT2D eigenvalue weighted by molar-refractivity contribution is -0.169. The quantitative estimate of drug-likeness (QED) is 0.231. The number of nitrogens with two attached hydrogens (primary N) is 1. The number of carbonyl (C=O) groups excluding carboxylic acids is 3. The number of fused-ring (bicyclic) bond motifs is 3. The Kier molecular flexibility index (Phi) is 6.71. The van der Waals surface area contributed by atoms with E-state index in [-0.39, 0.29) is 16.9 Å². The number of thioether (sulfide) groups is 1. The van der Waals surface area contributed by atoms with Gasteiger partial charge >= 0.3 is 0 Å². The Morgan fingerprint density at radius 2 is 1.86 bits per heavy atom. The van der Waals surface area contributed by atoms with Crippen molar-refractivity contribution >= 4 is 35.0 Å². The highest BCUT2D eigenvalue weighted by atomic mass is 32.2. The number of primary amides is 1. The third-order valence-corrected chi connectivity index (χ3v) is 8.74. The second-order valence-electron chi connectivity index (χ2n) is 9.68. The van der Waals surface area contributed by atoms with Gasteiger partial charge in [-0.15, -0.1) is 0 Å². The van der Waals surface area contributed by atoms with Gasteiger partial charge in [-0.3, -0.25) is 19.3 Å². The lowest BCUT2D eigenvalue weighted by Crippen LogP contribution is -2.70. The molecule has 3 aliphatic carbocycles. The van der Waals surface area contributed by atoms with E-state index < -0.39 is 70.1 Å². The van der Waals surface area contributed by atoms with Crippen LogP contribution in [0.25, 0.3) is 5.76 Å². The molecule has 0 bridgehead atoms. The van der Waals surface area contributed by atoms with Crippen molar-refractivity contribution in [3.05, 3.63) is 46.2 Å². The first-order valence-electron chi connectivity index (χ1n) is 11.6. The van der Waals surface area contributed by atoms with Crippen molar-refractivity contribution in [3.63, 3.8) is 0 Å². The van der Waals surface area contributed by atoms with Gasteiger partial charge in [-0.25, -0.2) is 0 Å². The number of amides is 1. The van der Waals surface area contributed by atoms with Crippen molar-refractivity contribution in [2.75, 3.05) is 25.6 Å². The summed E-state index contributed by atoms with van der Waals surface area (Å²) in [6.45, 7) is 2.00. The van der Waals surface area contributed by atoms with E-state index >= 15 is 0 Å². The molecule has 1 aromatic carbocycles. The fraction of sp³-hybridized carbons (Fsp3) is 0.480. The maximum absolute atomic E-state index is 14.0.